The van der Waals surface area contributed by atoms with Gasteiger partial charge in [0.15, 0.2) is 0 Å². The summed E-state index contributed by atoms with van der Waals surface area (Å²) in [6.07, 6.45) is 1.38. The number of imide groups is 1. The summed E-state index contributed by atoms with van der Waals surface area (Å²) in [6, 6.07) is 10.1. The van der Waals surface area contributed by atoms with Gasteiger partial charge in [-0.1, -0.05) is 12.1 Å². The Morgan fingerprint density at radius 2 is 1.92 bits per heavy atom. The van der Waals surface area contributed by atoms with E-state index in [-0.39, 0.29) is 23.9 Å². The molecule has 2 heterocycles. The zero-order chi connectivity index (χ0) is 18.0. The normalized spacial score (nSPS) is 13.2. The second-order valence-corrected chi connectivity index (χ2v) is 5.81. The van der Waals surface area contributed by atoms with Gasteiger partial charge in [0.25, 0.3) is 11.8 Å². The lowest BCUT2D eigenvalue weighted by Crippen LogP contribution is -2.37. The minimum Gasteiger partial charge on any atom is -0.489 e. The number of carbonyl (C=O) groups excluding carboxylic acids is 3. The Morgan fingerprint density at radius 3 is 2.64 bits per heavy atom. The highest BCUT2D eigenvalue weighted by molar-refractivity contribution is 6.21. The first-order valence-electron chi connectivity index (χ1n) is 7.84. The fourth-order valence-electron chi connectivity index (χ4n) is 2.52. The van der Waals surface area contributed by atoms with Gasteiger partial charge in [-0.25, -0.2) is 0 Å². The van der Waals surface area contributed by atoms with Crippen molar-refractivity contribution in [1.82, 2.24) is 9.88 Å². The monoisotopic (exact) mass is 339 g/mol. The Kier molecular flexibility index (Phi) is 4.47. The number of pyridine rings is 1. The van der Waals surface area contributed by atoms with Gasteiger partial charge in [-0.05, 0) is 38.1 Å². The van der Waals surface area contributed by atoms with Crippen molar-refractivity contribution in [3.63, 3.8) is 0 Å². The van der Waals surface area contributed by atoms with Crippen LogP contribution in [0, 0.1) is 0 Å². The number of nitrogens with zero attached hydrogens (tertiary/aromatic N) is 2. The van der Waals surface area contributed by atoms with Crippen LogP contribution >= 0.6 is 0 Å². The van der Waals surface area contributed by atoms with E-state index in [1.807, 2.05) is 13.8 Å². The minimum atomic E-state index is -0.567. The van der Waals surface area contributed by atoms with Gasteiger partial charge in [0.05, 0.1) is 17.4 Å². The Balaban J connectivity index is 1.73. The van der Waals surface area contributed by atoms with Crippen LogP contribution in [0.2, 0.25) is 0 Å². The van der Waals surface area contributed by atoms with Crippen LogP contribution in [0.15, 0.2) is 42.6 Å². The molecule has 0 fully saturated rings. The number of anilines is 1. The smallest absolute Gasteiger partial charge is 0.280 e. The molecule has 1 N–H and O–H groups in total. The third kappa shape index (κ3) is 3.35. The van der Waals surface area contributed by atoms with E-state index in [1.165, 1.54) is 12.3 Å². The second-order valence-electron chi connectivity index (χ2n) is 5.81. The van der Waals surface area contributed by atoms with Crippen molar-refractivity contribution in [2.45, 2.75) is 20.0 Å². The average molecular weight is 339 g/mol. The molecule has 7 nitrogen and oxygen atoms in total. The van der Waals surface area contributed by atoms with Gasteiger partial charge in [-0.3, -0.25) is 24.3 Å². The molecule has 7 heteroatoms. The van der Waals surface area contributed by atoms with Gasteiger partial charge in [-0.2, -0.15) is 0 Å². The predicted octanol–water partition coefficient (Wildman–Crippen LogP) is 2.10. The Morgan fingerprint density at radius 1 is 1.16 bits per heavy atom. The molecule has 0 aliphatic carbocycles. The van der Waals surface area contributed by atoms with Crippen LogP contribution in [0.5, 0.6) is 5.75 Å². The van der Waals surface area contributed by atoms with Crippen LogP contribution in [0.3, 0.4) is 0 Å². The van der Waals surface area contributed by atoms with E-state index >= 15 is 0 Å². The van der Waals surface area contributed by atoms with Gasteiger partial charge in [0.1, 0.15) is 18.0 Å². The fraction of sp³-hybridized carbons (Fsp3) is 0.222. The van der Waals surface area contributed by atoms with Crippen LogP contribution in [0.1, 0.15) is 34.7 Å². The summed E-state index contributed by atoms with van der Waals surface area (Å²) in [7, 11) is 0. The highest BCUT2D eigenvalue weighted by atomic mass is 16.5. The van der Waals surface area contributed by atoms with Crippen molar-refractivity contribution in [3.8, 4) is 5.75 Å². The molecule has 0 bridgehead atoms. The molecule has 0 saturated carbocycles. The molecule has 0 radical (unpaired) electrons. The summed E-state index contributed by atoms with van der Waals surface area (Å²) in [4.78, 5) is 41.6. The maximum absolute atomic E-state index is 12.3. The van der Waals surface area contributed by atoms with E-state index in [0.717, 1.165) is 4.90 Å². The zero-order valence-corrected chi connectivity index (χ0v) is 13.9. The average Bonchev–Trinajstić information content (AvgIpc) is 2.82. The quantitative estimate of drug-likeness (QED) is 0.843. The van der Waals surface area contributed by atoms with Crippen molar-refractivity contribution in [2.75, 3.05) is 11.9 Å². The number of rotatable bonds is 5. The maximum Gasteiger partial charge on any atom is 0.280 e. The predicted molar refractivity (Wildman–Crippen MR) is 90.4 cm³/mol. The van der Waals surface area contributed by atoms with E-state index in [1.54, 1.807) is 30.3 Å². The molecule has 1 aliphatic rings. The van der Waals surface area contributed by atoms with E-state index in [0.29, 0.717) is 11.4 Å². The Bertz CT molecular complexity index is 813. The van der Waals surface area contributed by atoms with E-state index < -0.39 is 17.7 Å². The van der Waals surface area contributed by atoms with Crippen molar-refractivity contribution in [1.29, 1.82) is 0 Å². The summed E-state index contributed by atoms with van der Waals surface area (Å²) >= 11 is 0. The SMILES string of the molecule is CC(C)Oc1ccccc1NC(=O)CN1C(=O)c2cccnc2C1=O. The number of benzene rings is 1. The number of carbonyl (C=O) groups is 3. The standard InChI is InChI=1S/C18H17N3O4/c1-11(2)25-14-8-4-3-7-13(14)20-15(22)10-21-17(23)12-6-5-9-19-16(12)18(21)24/h3-9,11H,10H2,1-2H3,(H,20,22). The molecular weight excluding hydrogens is 322 g/mol. The molecule has 1 aliphatic heterocycles. The number of hydrogen-bond acceptors (Lipinski definition) is 5. The highest BCUT2D eigenvalue weighted by Gasteiger charge is 2.37. The number of fused-ring (bicyclic) bond motifs is 1. The van der Waals surface area contributed by atoms with Crippen LogP contribution in [0.4, 0.5) is 5.69 Å². The van der Waals surface area contributed by atoms with Gasteiger partial charge in [0, 0.05) is 6.20 Å². The molecule has 2 aromatic rings. The van der Waals surface area contributed by atoms with Crippen molar-refractivity contribution < 1.29 is 19.1 Å². The number of nitrogens with one attached hydrogen (secondary N) is 1. The fourth-order valence-corrected chi connectivity index (χ4v) is 2.52. The molecular formula is C18H17N3O4. The van der Waals surface area contributed by atoms with Crippen molar-refractivity contribution >= 4 is 23.4 Å². The molecule has 3 amide bonds. The summed E-state index contributed by atoms with van der Waals surface area (Å²) in [6.45, 7) is 3.37. The molecule has 0 unspecified atom stereocenters. The van der Waals surface area contributed by atoms with Crippen LogP contribution in [-0.2, 0) is 4.79 Å². The van der Waals surface area contributed by atoms with Gasteiger partial charge in [0.2, 0.25) is 5.91 Å². The van der Waals surface area contributed by atoms with Gasteiger partial charge < -0.3 is 10.1 Å². The van der Waals surface area contributed by atoms with Gasteiger partial charge in [-0.15, -0.1) is 0 Å². The molecule has 0 atom stereocenters. The first kappa shape index (κ1) is 16.6. The first-order chi connectivity index (χ1) is 12.0. The molecule has 1 aromatic carbocycles. The molecule has 0 saturated heterocycles. The summed E-state index contributed by atoms with van der Waals surface area (Å²) in [5, 5.41) is 2.68. The summed E-state index contributed by atoms with van der Waals surface area (Å²) < 4.78 is 5.64. The molecule has 128 valence electrons. The van der Waals surface area contributed by atoms with Crippen LogP contribution in [0.25, 0.3) is 0 Å². The number of aromatic nitrogens is 1. The van der Waals surface area contributed by atoms with Crippen molar-refractivity contribution in [3.05, 3.63) is 53.9 Å². The summed E-state index contributed by atoms with van der Waals surface area (Å²) in [5.41, 5.74) is 0.767. The summed E-state index contributed by atoms with van der Waals surface area (Å²) in [5.74, 6) is -1.05. The topological polar surface area (TPSA) is 88.6 Å². The lowest BCUT2D eigenvalue weighted by Gasteiger charge is -2.16. The number of ether oxygens (including phenoxy) is 1. The molecule has 3 rings (SSSR count). The highest BCUT2D eigenvalue weighted by Crippen LogP contribution is 2.25. The number of amides is 3. The zero-order valence-electron chi connectivity index (χ0n) is 13.9. The van der Waals surface area contributed by atoms with E-state index in [2.05, 4.69) is 10.3 Å². The Labute approximate surface area is 144 Å². The van der Waals surface area contributed by atoms with Crippen molar-refractivity contribution in [2.24, 2.45) is 0 Å². The minimum absolute atomic E-state index is 0.0552. The third-order valence-corrected chi connectivity index (χ3v) is 3.56. The molecule has 0 spiro atoms. The van der Waals surface area contributed by atoms with Crippen LogP contribution in [-0.4, -0.2) is 40.3 Å². The van der Waals surface area contributed by atoms with Crippen LogP contribution < -0.4 is 10.1 Å². The number of para-hydroxylation sites is 2. The Hall–Kier alpha value is -3.22. The maximum atomic E-state index is 12.3. The molecule has 25 heavy (non-hydrogen) atoms. The second kappa shape index (κ2) is 6.72. The molecule has 1 aromatic heterocycles. The first-order valence-corrected chi connectivity index (χ1v) is 7.84. The lowest BCUT2D eigenvalue weighted by molar-refractivity contribution is -0.116. The third-order valence-electron chi connectivity index (χ3n) is 3.56. The largest absolute Gasteiger partial charge is 0.489 e. The lowest BCUT2D eigenvalue weighted by atomic mass is 10.2. The van der Waals surface area contributed by atoms with E-state index in [4.69, 9.17) is 4.74 Å². The number of hydrogen-bond donors (Lipinski definition) is 1. The van der Waals surface area contributed by atoms with E-state index in [9.17, 15) is 14.4 Å². The van der Waals surface area contributed by atoms with Gasteiger partial charge >= 0.3 is 0 Å².